The zero-order valence-corrected chi connectivity index (χ0v) is 19.9. The fourth-order valence-corrected chi connectivity index (χ4v) is 4.33. The monoisotopic (exact) mass is 565 g/mol. The number of carboxylic acids is 1. The van der Waals surface area contributed by atoms with Crippen LogP contribution < -0.4 is 4.90 Å². The Morgan fingerprint density at radius 2 is 1.55 bits per heavy atom. The number of hydrogen-bond acceptors (Lipinski definition) is 5. The van der Waals surface area contributed by atoms with E-state index in [0.29, 0.717) is 10.5 Å². The largest absolute Gasteiger partial charge is 0.481 e. The number of carbonyl (C=O) groups is 2. The maximum Gasteiger partial charge on any atom is 0.434 e. The number of benzene rings is 1. The van der Waals surface area contributed by atoms with E-state index in [1.54, 1.807) is 9.80 Å². The molecule has 1 amide bonds. The van der Waals surface area contributed by atoms with Gasteiger partial charge in [0.2, 0.25) is 0 Å². The summed E-state index contributed by atoms with van der Waals surface area (Å²) in [5.74, 6) is -1.09. The van der Waals surface area contributed by atoms with Gasteiger partial charge < -0.3 is 19.6 Å². The van der Waals surface area contributed by atoms with Gasteiger partial charge in [-0.05, 0) is 31.0 Å². The molecule has 1 N–H and O–H groups in total. The van der Waals surface area contributed by atoms with Crippen LogP contribution in [0.3, 0.4) is 0 Å². The molecule has 214 valence electrons. The number of carboxylic acid groups (broad SMARTS) is 1. The van der Waals surface area contributed by atoms with Gasteiger partial charge in [-0.3, -0.25) is 9.69 Å². The van der Waals surface area contributed by atoms with Crippen molar-refractivity contribution in [3.8, 4) is 0 Å². The molecule has 0 radical (unpaired) electrons. The van der Waals surface area contributed by atoms with Crippen LogP contribution in [0.2, 0.25) is 0 Å². The van der Waals surface area contributed by atoms with E-state index in [2.05, 4.69) is 4.74 Å². The van der Waals surface area contributed by atoms with Gasteiger partial charge in [-0.2, -0.15) is 39.5 Å². The van der Waals surface area contributed by atoms with Crippen LogP contribution in [0.1, 0.15) is 24.5 Å². The maximum absolute atomic E-state index is 13.4. The SMILES string of the molecule is CC1(C(=O)O)CCN(c2cc(C(F)(F)F)ccc2CN2CCN(C(=O)OC(C(F)(F)F)C(F)(F)F)CC2)C1. The number of amides is 1. The Morgan fingerprint density at radius 1 is 0.974 bits per heavy atom. The molecule has 1 aromatic rings. The third kappa shape index (κ3) is 6.74. The van der Waals surface area contributed by atoms with E-state index < -0.39 is 47.7 Å². The molecule has 1 unspecified atom stereocenters. The summed E-state index contributed by atoms with van der Waals surface area (Å²) in [5, 5.41) is 9.48. The molecule has 3 rings (SSSR count). The van der Waals surface area contributed by atoms with Crippen molar-refractivity contribution < 1.29 is 58.9 Å². The molecule has 2 saturated heterocycles. The summed E-state index contributed by atoms with van der Waals surface area (Å²) in [4.78, 5) is 27.5. The molecule has 0 saturated carbocycles. The van der Waals surface area contributed by atoms with Crippen molar-refractivity contribution in [2.75, 3.05) is 44.2 Å². The lowest BCUT2D eigenvalue weighted by Crippen LogP contribution is -2.52. The van der Waals surface area contributed by atoms with E-state index in [1.807, 2.05) is 0 Å². The van der Waals surface area contributed by atoms with Gasteiger partial charge in [0, 0.05) is 51.5 Å². The number of ether oxygens (including phenoxy) is 1. The molecular weight excluding hydrogens is 541 g/mol. The second kappa shape index (κ2) is 10.3. The molecule has 16 heteroatoms. The highest BCUT2D eigenvalue weighted by molar-refractivity contribution is 5.76. The van der Waals surface area contributed by atoms with Gasteiger partial charge in [-0.1, -0.05) is 6.07 Å². The fourth-order valence-electron chi connectivity index (χ4n) is 4.33. The van der Waals surface area contributed by atoms with Gasteiger partial charge in [0.05, 0.1) is 11.0 Å². The average Bonchev–Trinajstić information content (AvgIpc) is 3.19. The third-order valence-electron chi connectivity index (χ3n) is 6.58. The van der Waals surface area contributed by atoms with Crippen LogP contribution in [-0.2, 0) is 22.3 Å². The summed E-state index contributed by atoms with van der Waals surface area (Å²) < 4.78 is 120. The van der Waals surface area contributed by atoms with E-state index >= 15 is 0 Å². The molecule has 0 spiro atoms. The van der Waals surface area contributed by atoms with Crippen molar-refractivity contribution in [1.29, 1.82) is 0 Å². The van der Waals surface area contributed by atoms with Crippen LogP contribution in [-0.4, -0.2) is 84.7 Å². The quantitative estimate of drug-likeness (QED) is 0.520. The number of alkyl halides is 9. The van der Waals surface area contributed by atoms with E-state index in [0.717, 1.165) is 12.1 Å². The zero-order chi connectivity index (χ0) is 28.7. The first-order chi connectivity index (χ1) is 17.3. The molecule has 2 fully saturated rings. The minimum absolute atomic E-state index is 0.00882. The van der Waals surface area contributed by atoms with Crippen molar-refractivity contribution in [2.24, 2.45) is 5.41 Å². The van der Waals surface area contributed by atoms with Crippen molar-refractivity contribution >= 4 is 17.7 Å². The summed E-state index contributed by atoms with van der Waals surface area (Å²) in [6, 6.07) is 3.03. The van der Waals surface area contributed by atoms with Crippen molar-refractivity contribution in [2.45, 2.75) is 44.5 Å². The highest BCUT2D eigenvalue weighted by Gasteiger charge is 2.60. The van der Waals surface area contributed by atoms with Gasteiger partial charge >= 0.3 is 30.6 Å². The van der Waals surface area contributed by atoms with Gasteiger partial charge in [0.15, 0.2) is 0 Å². The van der Waals surface area contributed by atoms with Crippen LogP contribution in [0.5, 0.6) is 0 Å². The molecule has 0 aliphatic carbocycles. The Bertz CT molecular complexity index is 1020. The number of nitrogens with zero attached hydrogens (tertiary/aromatic N) is 3. The van der Waals surface area contributed by atoms with Gasteiger partial charge in [-0.15, -0.1) is 0 Å². The number of carbonyl (C=O) groups excluding carboxylic acids is 1. The second-order valence-corrected chi connectivity index (χ2v) is 9.49. The fraction of sp³-hybridized carbons (Fsp3) is 0.636. The molecular formula is C22H24F9N3O4. The Kier molecular flexibility index (Phi) is 8.06. The summed E-state index contributed by atoms with van der Waals surface area (Å²) in [7, 11) is 0. The average molecular weight is 565 g/mol. The van der Waals surface area contributed by atoms with Crippen LogP contribution in [0, 0.1) is 5.41 Å². The predicted molar refractivity (Wildman–Crippen MR) is 113 cm³/mol. The molecule has 38 heavy (non-hydrogen) atoms. The number of aliphatic carboxylic acids is 1. The smallest absolute Gasteiger partial charge is 0.434 e. The molecule has 0 bridgehead atoms. The Morgan fingerprint density at radius 3 is 2.03 bits per heavy atom. The topological polar surface area (TPSA) is 73.3 Å². The molecule has 0 aromatic heterocycles. The van der Waals surface area contributed by atoms with Crippen molar-refractivity contribution in [1.82, 2.24) is 9.80 Å². The van der Waals surface area contributed by atoms with Crippen molar-refractivity contribution in [3.63, 3.8) is 0 Å². The molecule has 7 nitrogen and oxygen atoms in total. The lowest BCUT2D eigenvalue weighted by atomic mass is 9.90. The number of piperazine rings is 1. The van der Waals surface area contributed by atoms with E-state index in [-0.39, 0.29) is 57.9 Å². The molecule has 1 aromatic carbocycles. The Hall–Kier alpha value is -2.91. The third-order valence-corrected chi connectivity index (χ3v) is 6.58. The highest BCUT2D eigenvalue weighted by Crippen LogP contribution is 2.39. The predicted octanol–water partition coefficient (Wildman–Crippen LogP) is 4.75. The minimum Gasteiger partial charge on any atom is -0.481 e. The van der Waals surface area contributed by atoms with Crippen LogP contribution in [0.15, 0.2) is 18.2 Å². The number of rotatable bonds is 5. The van der Waals surface area contributed by atoms with E-state index in [4.69, 9.17) is 0 Å². The highest BCUT2D eigenvalue weighted by atomic mass is 19.4. The van der Waals surface area contributed by atoms with Crippen molar-refractivity contribution in [3.05, 3.63) is 29.3 Å². The molecule has 2 aliphatic heterocycles. The number of anilines is 1. The summed E-state index contributed by atoms with van der Waals surface area (Å²) in [6.45, 7) is 1.12. The van der Waals surface area contributed by atoms with Gasteiger partial charge in [0.1, 0.15) is 0 Å². The van der Waals surface area contributed by atoms with Crippen LogP contribution >= 0.6 is 0 Å². The second-order valence-electron chi connectivity index (χ2n) is 9.49. The summed E-state index contributed by atoms with van der Waals surface area (Å²) >= 11 is 0. The number of halogens is 9. The van der Waals surface area contributed by atoms with E-state index in [1.165, 1.54) is 13.0 Å². The van der Waals surface area contributed by atoms with Gasteiger partial charge in [0.25, 0.3) is 6.10 Å². The lowest BCUT2D eigenvalue weighted by Gasteiger charge is -2.36. The van der Waals surface area contributed by atoms with Crippen LogP contribution in [0.25, 0.3) is 0 Å². The molecule has 1 atom stereocenters. The minimum atomic E-state index is -5.85. The Balaban J connectivity index is 1.71. The van der Waals surface area contributed by atoms with Gasteiger partial charge in [-0.25, -0.2) is 4.79 Å². The molecule has 2 aliphatic rings. The lowest BCUT2D eigenvalue weighted by molar-refractivity contribution is -0.308. The first-order valence-electron chi connectivity index (χ1n) is 11.3. The first-order valence-corrected chi connectivity index (χ1v) is 11.3. The van der Waals surface area contributed by atoms with E-state index in [9.17, 15) is 54.2 Å². The normalized spacial score (nSPS) is 21.8. The number of hydrogen-bond donors (Lipinski definition) is 1. The Labute approximate surface area is 210 Å². The molecule has 2 heterocycles. The summed E-state index contributed by atoms with van der Waals surface area (Å²) in [5.41, 5.74) is -1.51. The first kappa shape index (κ1) is 29.6. The zero-order valence-electron chi connectivity index (χ0n) is 19.9. The standard InChI is InChI=1S/C22H24F9N3O4/c1-19(17(35)36)4-5-34(12-19)15-10-14(20(23,24)25)3-2-13(15)11-32-6-8-33(9-7-32)18(37)38-16(21(26,27)28)22(29,30)31/h2-3,10,16H,4-9,11-12H2,1H3,(H,35,36). The van der Waals surface area contributed by atoms with Crippen LogP contribution in [0.4, 0.5) is 50.0 Å². The maximum atomic E-state index is 13.4. The summed E-state index contributed by atoms with van der Waals surface area (Å²) in [6.07, 6.45) is -22.2.